The molecule has 0 spiro atoms. The zero-order chi connectivity index (χ0) is 20.1. The Bertz CT molecular complexity index is 893. The van der Waals surface area contributed by atoms with E-state index < -0.39 is 12.0 Å². The first-order valence-electron chi connectivity index (χ1n) is 9.43. The summed E-state index contributed by atoms with van der Waals surface area (Å²) in [5, 5.41) is 11.4. The summed E-state index contributed by atoms with van der Waals surface area (Å²) in [6, 6.07) is 14.7. The fourth-order valence-corrected chi connectivity index (χ4v) is 3.64. The molecule has 0 aromatic heterocycles. The van der Waals surface area contributed by atoms with E-state index in [2.05, 4.69) is 17.1 Å². The van der Waals surface area contributed by atoms with Crippen LogP contribution in [0.2, 0.25) is 0 Å². The molecule has 0 unspecified atom stereocenters. The molecule has 0 atom stereocenters. The van der Waals surface area contributed by atoms with Gasteiger partial charge in [-0.15, -0.1) is 0 Å². The minimum atomic E-state index is -1.09. The molecule has 4 N–H and O–H groups in total. The van der Waals surface area contributed by atoms with Crippen molar-refractivity contribution < 1.29 is 14.7 Å². The lowest BCUT2D eigenvalue weighted by molar-refractivity contribution is 0.1000. The van der Waals surface area contributed by atoms with Crippen molar-refractivity contribution in [2.45, 2.75) is 19.8 Å². The molecule has 6 nitrogen and oxygen atoms in total. The molecule has 6 heteroatoms. The van der Waals surface area contributed by atoms with Gasteiger partial charge in [0.1, 0.15) is 0 Å². The van der Waals surface area contributed by atoms with Crippen molar-refractivity contribution in [3.63, 3.8) is 0 Å². The Morgan fingerprint density at radius 3 is 2.25 bits per heavy atom. The van der Waals surface area contributed by atoms with Crippen molar-refractivity contribution in [2.24, 2.45) is 5.73 Å². The molecular weight excluding hydrogens is 354 g/mol. The van der Waals surface area contributed by atoms with Gasteiger partial charge in [0.2, 0.25) is 5.91 Å². The predicted molar refractivity (Wildman–Crippen MR) is 110 cm³/mol. The predicted octanol–water partition coefficient (Wildman–Crippen LogP) is 3.79. The third-order valence-corrected chi connectivity index (χ3v) is 5.12. The van der Waals surface area contributed by atoms with Crippen LogP contribution >= 0.6 is 0 Å². The zero-order valence-corrected chi connectivity index (χ0v) is 15.9. The van der Waals surface area contributed by atoms with E-state index >= 15 is 0 Å². The fraction of sp³-hybridized carbons (Fsp3) is 0.273. The lowest BCUT2D eigenvalue weighted by Crippen LogP contribution is -2.30. The van der Waals surface area contributed by atoms with Crippen LogP contribution in [-0.4, -0.2) is 41.6 Å². The molecule has 1 fully saturated rings. The lowest BCUT2D eigenvalue weighted by Gasteiger charge is -2.29. The summed E-state index contributed by atoms with van der Waals surface area (Å²) < 4.78 is 0. The quantitative estimate of drug-likeness (QED) is 0.736. The summed E-state index contributed by atoms with van der Waals surface area (Å²) in [7, 11) is 0. The van der Waals surface area contributed by atoms with Gasteiger partial charge >= 0.3 is 6.09 Å². The van der Waals surface area contributed by atoms with E-state index in [-0.39, 0.29) is 0 Å². The average Bonchev–Trinajstić information content (AvgIpc) is 2.69. The van der Waals surface area contributed by atoms with Crippen LogP contribution in [0.3, 0.4) is 0 Å². The van der Waals surface area contributed by atoms with Crippen LogP contribution in [-0.2, 0) is 0 Å². The summed E-state index contributed by atoms with van der Waals surface area (Å²) in [6.45, 7) is 5.21. The van der Waals surface area contributed by atoms with Crippen LogP contribution in [0.4, 0.5) is 10.5 Å². The van der Waals surface area contributed by atoms with Crippen LogP contribution in [0.15, 0.2) is 54.1 Å². The molecule has 1 aliphatic heterocycles. The number of nitrogens with zero attached hydrogens (tertiary/aromatic N) is 1. The number of amides is 2. The summed E-state index contributed by atoms with van der Waals surface area (Å²) in [5.41, 5.74) is 10.8. The second kappa shape index (κ2) is 8.71. The molecule has 0 bridgehead atoms. The second-order valence-electron chi connectivity index (χ2n) is 6.87. The summed E-state index contributed by atoms with van der Waals surface area (Å²) in [5.74, 6) is -0.454. The Labute approximate surface area is 164 Å². The summed E-state index contributed by atoms with van der Waals surface area (Å²) >= 11 is 0. The average molecular weight is 379 g/mol. The van der Waals surface area contributed by atoms with E-state index in [1.54, 1.807) is 18.2 Å². The Kier molecular flexibility index (Phi) is 6.11. The van der Waals surface area contributed by atoms with E-state index in [9.17, 15) is 9.59 Å². The largest absolute Gasteiger partial charge is 0.465 e. The number of carbonyl (C=O) groups is 2. The molecule has 2 aromatic rings. The van der Waals surface area contributed by atoms with Gasteiger partial charge in [0.15, 0.2) is 0 Å². The van der Waals surface area contributed by atoms with E-state index in [0.29, 0.717) is 11.3 Å². The first kappa shape index (κ1) is 19.6. The lowest BCUT2D eigenvalue weighted by atomic mass is 9.88. The normalized spacial score (nSPS) is 14.5. The van der Waals surface area contributed by atoms with Crippen molar-refractivity contribution in [1.29, 1.82) is 0 Å². The highest BCUT2D eigenvalue weighted by Gasteiger charge is 2.19. The van der Waals surface area contributed by atoms with Crippen LogP contribution < -0.4 is 11.1 Å². The van der Waals surface area contributed by atoms with Crippen LogP contribution in [0.1, 0.15) is 41.3 Å². The van der Waals surface area contributed by atoms with E-state index in [0.717, 1.165) is 49.2 Å². The van der Waals surface area contributed by atoms with Gasteiger partial charge in [-0.3, -0.25) is 10.1 Å². The monoisotopic (exact) mass is 379 g/mol. The number of carbonyl (C=O) groups excluding carboxylic acids is 1. The fourth-order valence-electron chi connectivity index (χ4n) is 3.64. The minimum Gasteiger partial charge on any atom is -0.465 e. The summed E-state index contributed by atoms with van der Waals surface area (Å²) in [4.78, 5) is 24.8. The van der Waals surface area contributed by atoms with Crippen molar-refractivity contribution in [3.8, 4) is 0 Å². The smallest absolute Gasteiger partial charge is 0.409 e. The van der Waals surface area contributed by atoms with Gasteiger partial charge in [-0.2, -0.15) is 0 Å². The molecule has 2 aromatic carbocycles. The van der Waals surface area contributed by atoms with E-state index in [1.807, 2.05) is 30.3 Å². The number of hydrogen-bond acceptors (Lipinski definition) is 3. The first-order valence-corrected chi connectivity index (χ1v) is 9.43. The first-order chi connectivity index (χ1) is 13.5. The molecule has 1 saturated heterocycles. The molecule has 1 heterocycles. The zero-order valence-electron chi connectivity index (χ0n) is 15.9. The van der Waals surface area contributed by atoms with Gasteiger partial charge in [0, 0.05) is 24.3 Å². The molecule has 28 heavy (non-hydrogen) atoms. The molecule has 0 radical (unpaired) electrons. The third-order valence-electron chi connectivity index (χ3n) is 5.12. The van der Waals surface area contributed by atoms with Gasteiger partial charge in [0.25, 0.3) is 0 Å². The highest BCUT2D eigenvalue weighted by molar-refractivity contribution is 5.94. The minimum absolute atomic E-state index is 0.454. The van der Waals surface area contributed by atoms with Gasteiger partial charge in [-0.05, 0) is 60.4 Å². The van der Waals surface area contributed by atoms with Crippen molar-refractivity contribution >= 4 is 23.3 Å². The van der Waals surface area contributed by atoms with E-state index in [4.69, 9.17) is 10.8 Å². The SMILES string of the molecule is CCN1CCC(=C(c2ccc(C(N)=O)cc2)c2cccc(NC(=O)O)c2)CC1. The molecular formula is C22H25N3O3. The number of nitrogens with two attached hydrogens (primary N) is 1. The highest BCUT2D eigenvalue weighted by atomic mass is 16.4. The number of nitrogens with one attached hydrogen (secondary N) is 1. The molecule has 146 valence electrons. The Balaban J connectivity index is 2.05. The number of benzene rings is 2. The number of piperidine rings is 1. The van der Waals surface area contributed by atoms with E-state index in [1.165, 1.54) is 5.57 Å². The van der Waals surface area contributed by atoms with Gasteiger partial charge < -0.3 is 15.7 Å². The number of rotatable bonds is 5. The maximum absolute atomic E-state index is 11.4. The molecule has 0 saturated carbocycles. The van der Waals surface area contributed by atoms with Crippen molar-refractivity contribution in [2.75, 3.05) is 25.0 Å². The molecule has 1 aliphatic rings. The number of anilines is 1. The van der Waals surface area contributed by atoms with Crippen LogP contribution in [0, 0.1) is 0 Å². The Hall–Kier alpha value is -3.12. The van der Waals surface area contributed by atoms with Crippen molar-refractivity contribution in [3.05, 3.63) is 70.8 Å². The summed E-state index contributed by atoms with van der Waals surface area (Å²) in [6.07, 6.45) is 0.822. The highest BCUT2D eigenvalue weighted by Crippen LogP contribution is 2.33. The standard InChI is InChI=1S/C22H25N3O3/c1-2-25-12-10-16(11-13-25)20(15-6-8-17(9-7-15)21(23)26)18-4-3-5-19(14-18)24-22(27)28/h3-9,14,24H,2,10-13H2,1H3,(H2,23,26)(H,27,28). The van der Waals surface area contributed by atoms with Gasteiger partial charge in [-0.1, -0.05) is 36.8 Å². The topological polar surface area (TPSA) is 95.7 Å². The number of likely N-dealkylation sites (tertiary alicyclic amines) is 1. The maximum atomic E-state index is 11.4. The van der Waals surface area contributed by atoms with Crippen LogP contribution in [0.5, 0.6) is 0 Å². The second-order valence-corrected chi connectivity index (χ2v) is 6.87. The van der Waals surface area contributed by atoms with Crippen LogP contribution in [0.25, 0.3) is 5.57 Å². The Morgan fingerprint density at radius 2 is 1.68 bits per heavy atom. The van der Waals surface area contributed by atoms with Crippen molar-refractivity contribution in [1.82, 2.24) is 4.90 Å². The number of hydrogen-bond donors (Lipinski definition) is 3. The van der Waals surface area contributed by atoms with Gasteiger partial charge in [0.05, 0.1) is 0 Å². The maximum Gasteiger partial charge on any atom is 0.409 e. The molecule has 3 rings (SSSR count). The molecule has 2 amide bonds. The number of carboxylic acid groups (broad SMARTS) is 1. The molecule has 0 aliphatic carbocycles. The van der Waals surface area contributed by atoms with Gasteiger partial charge in [-0.25, -0.2) is 4.79 Å². The number of primary amides is 1. The third kappa shape index (κ3) is 4.58. The Morgan fingerprint density at radius 1 is 1.04 bits per heavy atom.